The minimum absolute atomic E-state index is 0.332. The number of methoxy groups -OCH3 is 1. The van der Waals surface area contributed by atoms with Crippen molar-refractivity contribution in [1.29, 1.82) is 0 Å². The molecule has 1 atom stereocenters. The number of halogens is 1. The molecule has 0 aromatic heterocycles. The van der Waals surface area contributed by atoms with Crippen LogP contribution in [-0.4, -0.2) is 31.1 Å². The molecule has 1 heterocycles. The third-order valence-electron chi connectivity index (χ3n) is 2.95. The third kappa shape index (κ3) is 2.75. The monoisotopic (exact) mass is 284 g/mol. The molecule has 1 aliphatic rings. The summed E-state index contributed by atoms with van der Waals surface area (Å²) in [6.45, 7) is 2.98. The minimum atomic E-state index is 0.332. The number of hydrogen-bond acceptors (Lipinski definition) is 3. The standard InChI is InChI=1S/C12H17BrN2O/c1-16-12-3-2-10(13)6-9(12)7-15-5-4-11(14)8-15/h2-3,6,11H,4-5,7-8,14H2,1H3/t11-/m0/s1. The predicted molar refractivity (Wildman–Crippen MR) is 68.6 cm³/mol. The Bertz CT molecular complexity index is 370. The lowest BCUT2D eigenvalue weighted by Crippen LogP contribution is -2.26. The van der Waals surface area contributed by atoms with Crippen LogP contribution in [0.2, 0.25) is 0 Å². The van der Waals surface area contributed by atoms with E-state index >= 15 is 0 Å². The molecule has 2 rings (SSSR count). The summed E-state index contributed by atoms with van der Waals surface area (Å²) in [5.41, 5.74) is 7.11. The van der Waals surface area contributed by atoms with Crippen molar-refractivity contribution >= 4 is 15.9 Å². The molecule has 4 heteroatoms. The smallest absolute Gasteiger partial charge is 0.123 e. The van der Waals surface area contributed by atoms with Crippen molar-refractivity contribution in [3.05, 3.63) is 28.2 Å². The first-order valence-electron chi connectivity index (χ1n) is 5.49. The third-order valence-corrected chi connectivity index (χ3v) is 3.44. The molecule has 0 saturated carbocycles. The van der Waals surface area contributed by atoms with Crippen LogP contribution in [0.25, 0.3) is 0 Å². The molecule has 1 fully saturated rings. The van der Waals surface area contributed by atoms with Gasteiger partial charge in [-0.25, -0.2) is 0 Å². The van der Waals surface area contributed by atoms with Crippen molar-refractivity contribution < 1.29 is 4.74 Å². The van der Waals surface area contributed by atoms with Crippen LogP contribution >= 0.6 is 15.9 Å². The fourth-order valence-electron chi connectivity index (χ4n) is 2.12. The topological polar surface area (TPSA) is 38.5 Å². The quantitative estimate of drug-likeness (QED) is 0.923. The predicted octanol–water partition coefficient (Wildman–Crippen LogP) is 1.99. The van der Waals surface area contributed by atoms with Gasteiger partial charge in [-0.2, -0.15) is 0 Å². The van der Waals surface area contributed by atoms with Crippen LogP contribution in [-0.2, 0) is 6.54 Å². The van der Waals surface area contributed by atoms with Gasteiger partial charge in [0.25, 0.3) is 0 Å². The molecule has 88 valence electrons. The van der Waals surface area contributed by atoms with Gasteiger partial charge in [-0.1, -0.05) is 15.9 Å². The zero-order valence-corrected chi connectivity index (χ0v) is 11.0. The highest BCUT2D eigenvalue weighted by Crippen LogP contribution is 2.25. The summed E-state index contributed by atoms with van der Waals surface area (Å²) in [5.74, 6) is 0.948. The van der Waals surface area contributed by atoms with Crippen LogP contribution in [0.4, 0.5) is 0 Å². The van der Waals surface area contributed by atoms with E-state index in [0.29, 0.717) is 6.04 Å². The van der Waals surface area contributed by atoms with Crippen LogP contribution < -0.4 is 10.5 Å². The second-order valence-electron chi connectivity index (χ2n) is 4.24. The van der Waals surface area contributed by atoms with Gasteiger partial charge in [-0.05, 0) is 24.6 Å². The number of rotatable bonds is 3. The number of hydrogen-bond donors (Lipinski definition) is 1. The highest BCUT2D eigenvalue weighted by molar-refractivity contribution is 9.10. The molecule has 0 unspecified atom stereocenters. The summed E-state index contributed by atoms with van der Waals surface area (Å²) in [7, 11) is 1.71. The number of benzene rings is 1. The Kier molecular flexibility index (Phi) is 3.84. The average molecular weight is 285 g/mol. The van der Waals surface area contributed by atoms with E-state index in [-0.39, 0.29) is 0 Å². The van der Waals surface area contributed by atoms with Gasteiger partial charge < -0.3 is 10.5 Å². The molecule has 1 aromatic carbocycles. The summed E-state index contributed by atoms with van der Waals surface area (Å²) < 4.78 is 6.45. The van der Waals surface area contributed by atoms with Crippen LogP contribution in [0.15, 0.2) is 22.7 Å². The zero-order valence-electron chi connectivity index (χ0n) is 9.45. The van der Waals surface area contributed by atoms with Gasteiger partial charge in [0.05, 0.1) is 7.11 Å². The Morgan fingerprint density at radius 3 is 3.00 bits per heavy atom. The van der Waals surface area contributed by atoms with E-state index in [0.717, 1.165) is 36.3 Å². The SMILES string of the molecule is COc1ccc(Br)cc1CN1CC[C@H](N)C1. The van der Waals surface area contributed by atoms with Gasteiger partial charge in [-0.15, -0.1) is 0 Å². The largest absolute Gasteiger partial charge is 0.496 e. The summed E-state index contributed by atoms with van der Waals surface area (Å²) >= 11 is 3.49. The lowest BCUT2D eigenvalue weighted by atomic mass is 10.2. The molecular formula is C12H17BrN2O. The van der Waals surface area contributed by atoms with Gasteiger partial charge in [0, 0.05) is 35.7 Å². The molecule has 1 saturated heterocycles. The molecule has 2 N–H and O–H groups in total. The van der Waals surface area contributed by atoms with E-state index in [4.69, 9.17) is 10.5 Å². The lowest BCUT2D eigenvalue weighted by molar-refractivity contribution is 0.317. The summed E-state index contributed by atoms with van der Waals surface area (Å²) in [5, 5.41) is 0. The van der Waals surface area contributed by atoms with Crippen molar-refractivity contribution in [1.82, 2.24) is 4.90 Å². The van der Waals surface area contributed by atoms with E-state index in [9.17, 15) is 0 Å². The van der Waals surface area contributed by atoms with Crippen LogP contribution in [0.5, 0.6) is 5.75 Å². The Labute approximate surface area is 105 Å². The molecule has 0 amide bonds. The first kappa shape index (κ1) is 11.9. The van der Waals surface area contributed by atoms with Crippen molar-refractivity contribution in [2.24, 2.45) is 5.73 Å². The molecule has 1 aromatic rings. The molecular weight excluding hydrogens is 268 g/mol. The fraction of sp³-hybridized carbons (Fsp3) is 0.500. The van der Waals surface area contributed by atoms with Gasteiger partial charge in [0.15, 0.2) is 0 Å². The second-order valence-corrected chi connectivity index (χ2v) is 5.16. The fourth-order valence-corrected chi connectivity index (χ4v) is 2.53. The molecule has 1 aliphatic heterocycles. The Morgan fingerprint density at radius 2 is 2.38 bits per heavy atom. The van der Waals surface area contributed by atoms with E-state index < -0.39 is 0 Å². The maximum Gasteiger partial charge on any atom is 0.123 e. The Balaban J connectivity index is 2.10. The maximum absolute atomic E-state index is 5.90. The van der Waals surface area contributed by atoms with E-state index in [1.165, 1.54) is 5.56 Å². The van der Waals surface area contributed by atoms with Gasteiger partial charge in [0.1, 0.15) is 5.75 Å². The van der Waals surface area contributed by atoms with Crippen LogP contribution in [0.3, 0.4) is 0 Å². The van der Waals surface area contributed by atoms with E-state index in [1.54, 1.807) is 7.11 Å². The molecule has 0 radical (unpaired) electrons. The molecule has 0 bridgehead atoms. The van der Waals surface area contributed by atoms with Crippen molar-refractivity contribution in [3.8, 4) is 5.75 Å². The first-order chi connectivity index (χ1) is 7.69. The van der Waals surface area contributed by atoms with Crippen LogP contribution in [0, 0.1) is 0 Å². The average Bonchev–Trinajstić information content (AvgIpc) is 2.64. The van der Waals surface area contributed by atoms with Gasteiger partial charge in [0.2, 0.25) is 0 Å². The van der Waals surface area contributed by atoms with Crippen molar-refractivity contribution in [2.75, 3.05) is 20.2 Å². The zero-order chi connectivity index (χ0) is 11.5. The van der Waals surface area contributed by atoms with Crippen molar-refractivity contribution in [3.63, 3.8) is 0 Å². The highest BCUT2D eigenvalue weighted by Gasteiger charge is 2.20. The maximum atomic E-state index is 5.90. The molecule has 16 heavy (non-hydrogen) atoms. The van der Waals surface area contributed by atoms with E-state index in [2.05, 4.69) is 26.9 Å². The first-order valence-corrected chi connectivity index (χ1v) is 6.28. The molecule has 3 nitrogen and oxygen atoms in total. The Morgan fingerprint density at radius 1 is 1.56 bits per heavy atom. The second kappa shape index (κ2) is 5.17. The van der Waals surface area contributed by atoms with Crippen molar-refractivity contribution in [2.45, 2.75) is 19.0 Å². The lowest BCUT2D eigenvalue weighted by Gasteiger charge is -2.17. The number of likely N-dealkylation sites (tertiary alicyclic amines) is 1. The highest BCUT2D eigenvalue weighted by atomic mass is 79.9. The molecule has 0 spiro atoms. The minimum Gasteiger partial charge on any atom is -0.496 e. The van der Waals surface area contributed by atoms with Gasteiger partial charge >= 0.3 is 0 Å². The van der Waals surface area contributed by atoms with Gasteiger partial charge in [-0.3, -0.25) is 4.90 Å². The summed E-state index contributed by atoms with van der Waals surface area (Å²) in [6, 6.07) is 6.44. The normalized spacial score (nSPS) is 21.3. The summed E-state index contributed by atoms with van der Waals surface area (Å²) in [6.07, 6.45) is 1.09. The number of nitrogens with zero attached hydrogens (tertiary/aromatic N) is 1. The number of ether oxygens (including phenoxy) is 1. The number of nitrogens with two attached hydrogens (primary N) is 1. The Hall–Kier alpha value is -0.580. The summed E-state index contributed by atoms with van der Waals surface area (Å²) in [4.78, 5) is 2.37. The van der Waals surface area contributed by atoms with E-state index in [1.807, 2.05) is 12.1 Å². The molecule has 0 aliphatic carbocycles. The van der Waals surface area contributed by atoms with Crippen LogP contribution in [0.1, 0.15) is 12.0 Å².